The van der Waals surface area contributed by atoms with Crippen molar-refractivity contribution in [2.24, 2.45) is 5.10 Å². The van der Waals surface area contributed by atoms with Crippen LogP contribution < -0.4 is 9.73 Å². The molecule has 0 bridgehead atoms. The summed E-state index contributed by atoms with van der Waals surface area (Å²) in [6.45, 7) is 3.21. The first-order chi connectivity index (χ1) is 14.3. The number of nitrogens with one attached hydrogen (secondary N) is 1. The highest BCUT2D eigenvalue weighted by Gasteiger charge is 2.27. The van der Waals surface area contributed by atoms with Crippen molar-refractivity contribution in [3.63, 3.8) is 0 Å². The SMILES string of the molecule is C/C(=N\NC(=O)CN(c1ccc(Cl)cc1)S(=O)(=O)c1ccc(C)cc1)c1cccs1. The van der Waals surface area contributed by atoms with Crippen molar-refractivity contribution < 1.29 is 13.2 Å². The van der Waals surface area contributed by atoms with E-state index in [0.29, 0.717) is 16.4 Å². The van der Waals surface area contributed by atoms with Gasteiger partial charge in [-0.25, -0.2) is 13.8 Å². The van der Waals surface area contributed by atoms with E-state index < -0.39 is 22.5 Å². The minimum absolute atomic E-state index is 0.0918. The number of sulfonamides is 1. The zero-order valence-electron chi connectivity index (χ0n) is 16.4. The molecule has 1 heterocycles. The summed E-state index contributed by atoms with van der Waals surface area (Å²) >= 11 is 7.44. The highest BCUT2D eigenvalue weighted by atomic mass is 35.5. The highest BCUT2D eigenvalue weighted by molar-refractivity contribution is 7.92. The van der Waals surface area contributed by atoms with Gasteiger partial charge in [-0.05, 0) is 61.7 Å². The number of amides is 1. The molecule has 1 N–H and O–H groups in total. The third-order valence-electron chi connectivity index (χ3n) is 4.24. The Hall–Kier alpha value is -2.68. The van der Waals surface area contributed by atoms with Crippen molar-refractivity contribution in [1.29, 1.82) is 0 Å². The van der Waals surface area contributed by atoms with Crippen LogP contribution in [0, 0.1) is 6.92 Å². The summed E-state index contributed by atoms with van der Waals surface area (Å²) in [5.74, 6) is -0.559. The molecule has 0 saturated heterocycles. The van der Waals surface area contributed by atoms with Crippen molar-refractivity contribution >= 4 is 50.3 Å². The molecule has 1 aromatic heterocycles. The first-order valence-electron chi connectivity index (χ1n) is 8.99. The van der Waals surface area contributed by atoms with Crippen molar-refractivity contribution in [2.75, 3.05) is 10.8 Å². The Morgan fingerprint density at radius 2 is 1.77 bits per heavy atom. The molecule has 3 aromatic rings. The molecule has 9 heteroatoms. The Bertz CT molecular complexity index is 1140. The van der Waals surface area contributed by atoms with Crippen LogP contribution in [0.25, 0.3) is 0 Å². The Kier molecular flexibility index (Phi) is 6.91. The number of rotatable bonds is 7. The second kappa shape index (κ2) is 9.42. The van der Waals surface area contributed by atoms with Gasteiger partial charge in [-0.15, -0.1) is 11.3 Å². The van der Waals surface area contributed by atoms with Crippen LogP contribution in [0.15, 0.2) is 76.0 Å². The highest BCUT2D eigenvalue weighted by Crippen LogP contribution is 2.25. The number of carbonyl (C=O) groups excluding carboxylic acids is 1. The number of hydrogen-bond donors (Lipinski definition) is 1. The minimum Gasteiger partial charge on any atom is -0.271 e. The van der Waals surface area contributed by atoms with E-state index in [1.807, 2.05) is 24.4 Å². The van der Waals surface area contributed by atoms with Crippen LogP contribution >= 0.6 is 22.9 Å². The Labute approximate surface area is 184 Å². The van der Waals surface area contributed by atoms with E-state index in [-0.39, 0.29) is 4.90 Å². The van der Waals surface area contributed by atoms with Crippen molar-refractivity contribution in [1.82, 2.24) is 5.43 Å². The number of halogens is 1. The lowest BCUT2D eigenvalue weighted by Crippen LogP contribution is -2.39. The average molecular weight is 462 g/mol. The summed E-state index contributed by atoms with van der Waals surface area (Å²) in [6.07, 6.45) is 0. The van der Waals surface area contributed by atoms with Crippen LogP contribution in [0.3, 0.4) is 0 Å². The van der Waals surface area contributed by atoms with Crippen molar-refractivity contribution in [3.8, 4) is 0 Å². The number of anilines is 1. The molecule has 0 fully saturated rings. The number of hydrogen-bond acceptors (Lipinski definition) is 5. The molecule has 2 aromatic carbocycles. The minimum atomic E-state index is -3.98. The van der Waals surface area contributed by atoms with Crippen LogP contribution in [0.2, 0.25) is 5.02 Å². The van der Waals surface area contributed by atoms with E-state index >= 15 is 0 Å². The lowest BCUT2D eigenvalue weighted by molar-refractivity contribution is -0.119. The van der Waals surface area contributed by atoms with Crippen molar-refractivity contribution in [2.45, 2.75) is 18.7 Å². The normalized spacial score (nSPS) is 11.9. The summed E-state index contributed by atoms with van der Waals surface area (Å²) < 4.78 is 27.6. The maximum atomic E-state index is 13.3. The molecule has 0 aliphatic rings. The lowest BCUT2D eigenvalue weighted by atomic mass is 10.2. The van der Waals surface area contributed by atoms with Gasteiger partial charge in [0.25, 0.3) is 15.9 Å². The van der Waals surface area contributed by atoms with Gasteiger partial charge in [0, 0.05) is 9.90 Å². The van der Waals surface area contributed by atoms with E-state index in [9.17, 15) is 13.2 Å². The molecule has 0 spiro atoms. The molecule has 0 saturated carbocycles. The summed E-state index contributed by atoms with van der Waals surface area (Å²) in [6, 6.07) is 16.5. The third-order valence-corrected chi connectivity index (χ3v) is 7.26. The summed E-state index contributed by atoms with van der Waals surface area (Å²) in [5, 5.41) is 6.45. The van der Waals surface area contributed by atoms with Crippen molar-refractivity contribution in [3.05, 3.63) is 81.5 Å². The zero-order chi connectivity index (χ0) is 21.7. The van der Waals surface area contributed by atoms with Gasteiger partial charge in [0.1, 0.15) is 6.54 Å². The van der Waals surface area contributed by atoms with Gasteiger partial charge in [0.2, 0.25) is 0 Å². The maximum absolute atomic E-state index is 13.3. The summed E-state index contributed by atoms with van der Waals surface area (Å²) in [7, 11) is -3.98. The predicted molar refractivity (Wildman–Crippen MR) is 122 cm³/mol. The van der Waals surface area contributed by atoms with Gasteiger partial charge < -0.3 is 0 Å². The number of nitrogens with zero attached hydrogens (tertiary/aromatic N) is 2. The second-order valence-electron chi connectivity index (χ2n) is 6.51. The van der Waals surface area contributed by atoms with Gasteiger partial charge in [0.15, 0.2) is 0 Å². The topological polar surface area (TPSA) is 78.8 Å². The molecule has 0 atom stereocenters. The molecule has 30 heavy (non-hydrogen) atoms. The van der Waals surface area contributed by atoms with E-state index in [4.69, 9.17) is 11.6 Å². The van der Waals surface area contributed by atoms with Crippen LogP contribution in [0.4, 0.5) is 5.69 Å². The van der Waals surface area contributed by atoms with Crippen LogP contribution in [-0.2, 0) is 14.8 Å². The molecule has 0 aliphatic heterocycles. The summed E-state index contributed by atoms with van der Waals surface area (Å²) in [5.41, 5.74) is 4.34. The summed E-state index contributed by atoms with van der Waals surface area (Å²) in [4.78, 5) is 13.6. The number of carbonyl (C=O) groups is 1. The Morgan fingerprint density at radius 3 is 2.37 bits per heavy atom. The smallest absolute Gasteiger partial charge is 0.264 e. The quantitative estimate of drug-likeness (QED) is 0.417. The molecular weight excluding hydrogens is 442 g/mol. The lowest BCUT2D eigenvalue weighted by Gasteiger charge is -2.24. The van der Waals surface area contributed by atoms with E-state index in [1.165, 1.54) is 23.5 Å². The van der Waals surface area contributed by atoms with E-state index in [0.717, 1.165) is 14.7 Å². The number of thiophene rings is 1. The first kappa shape index (κ1) is 22.0. The van der Waals surface area contributed by atoms with Gasteiger partial charge in [-0.2, -0.15) is 5.10 Å². The predicted octanol–water partition coefficient (Wildman–Crippen LogP) is 4.45. The van der Waals surface area contributed by atoms with Crippen LogP contribution in [0.1, 0.15) is 17.4 Å². The third kappa shape index (κ3) is 5.27. The monoisotopic (exact) mass is 461 g/mol. The molecule has 156 valence electrons. The van der Waals surface area contributed by atoms with Gasteiger partial charge in [0.05, 0.1) is 16.3 Å². The molecule has 1 amide bonds. The Morgan fingerprint density at radius 1 is 1.10 bits per heavy atom. The fraction of sp³-hybridized carbons (Fsp3) is 0.143. The second-order valence-corrected chi connectivity index (χ2v) is 9.76. The largest absolute Gasteiger partial charge is 0.271 e. The standard InChI is InChI=1S/C21H20ClN3O3S2/c1-15-5-11-19(12-6-15)30(27,28)25(18-9-7-17(22)8-10-18)14-21(26)24-23-16(2)20-4-3-13-29-20/h3-13H,14H2,1-2H3,(H,24,26)/b23-16+. The maximum Gasteiger partial charge on any atom is 0.264 e. The molecular formula is C21H20ClN3O3S2. The Balaban J connectivity index is 1.88. The van der Waals surface area contributed by atoms with Gasteiger partial charge in [-0.1, -0.05) is 35.4 Å². The van der Waals surface area contributed by atoms with E-state index in [1.54, 1.807) is 43.3 Å². The molecule has 3 rings (SSSR count). The molecule has 0 aliphatic carbocycles. The molecule has 0 unspecified atom stereocenters. The van der Waals surface area contributed by atoms with Gasteiger partial charge in [-0.3, -0.25) is 9.10 Å². The van der Waals surface area contributed by atoms with Crippen LogP contribution in [0.5, 0.6) is 0 Å². The fourth-order valence-electron chi connectivity index (χ4n) is 2.61. The first-order valence-corrected chi connectivity index (χ1v) is 11.7. The molecule has 0 radical (unpaired) electrons. The van der Waals surface area contributed by atoms with E-state index in [2.05, 4.69) is 10.5 Å². The molecule has 6 nitrogen and oxygen atoms in total. The number of hydrazone groups is 1. The number of aryl methyl sites for hydroxylation is 1. The van der Waals surface area contributed by atoms with Gasteiger partial charge >= 0.3 is 0 Å². The number of benzene rings is 2. The fourth-order valence-corrected chi connectivity index (χ4v) is 4.84. The zero-order valence-corrected chi connectivity index (χ0v) is 18.8. The van der Waals surface area contributed by atoms with Crippen LogP contribution in [-0.4, -0.2) is 26.6 Å². The average Bonchev–Trinajstić information content (AvgIpc) is 3.26.